The summed E-state index contributed by atoms with van der Waals surface area (Å²) in [7, 11) is -7.92. The second-order valence-corrected chi connectivity index (χ2v) is 34.9. The van der Waals surface area contributed by atoms with Crippen molar-refractivity contribution in [2.45, 2.75) is 228 Å². The molecular formula is C84H96Br4O6S2. The predicted octanol–water partition coefficient (Wildman–Crippen LogP) is 25.6. The van der Waals surface area contributed by atoms with Gasteiger partial charge in [-0.05, 0) is 264 Å². The molecular weight excluding hydrogens is 1490 g/mol. The van der Waals surface area contributed by atoms with Gasteiger partial charge in [0, 0.05) is 39.6 Å². The molecule has 0 fully saturated rings. The minimum Gasteiger partial charge on any atom is -0.266 e. The second-order valence-electron chi connectivity index (χ2n) is 28.0. The summed E-state index contributed by atoms with van der Waals surface area (Å²) in [6.07, 6.45) is 23.7. The molecule has 0 aliphatic heterocycles. The summed E-state index contributed by atoms with van der Waals surface area (Å²) in [5.41, 5.74) is 23.7. The van der Waals surface area contributed by atoms with Crippen molar-refractivity contribution < 1.29 is 25.2 Å². The van der Waals surface area contributed by atoms with Crippen LogP contribution in [0.5, 0.6) is 0 Å². The van der Waals surface area contributed by atoms with Crippen LogP contribution >= 0.6 is 63.7 Å². The monoisotopic (exact) mass is 1580 g/mol. The van der Waals surface area contributed by atoms with Gasteiger partial charge in [0.05, 0.1) is 23.0 Å². The van der Waals surface area contributed by atoms with Crippen molar-refractivity contribution in [3.8, 4) is 44.5 Å². The second kappa shape index (κ2) is 30.8. The standard InChI is InChI=1S/C48H52Br2O6S2.C36H44Br2/c1-5-7-23-47(24-8-6-2)43-29-35(49)15-21-39(43)41-32-46-42(31-45(41)47)40-22-16-36(50)30-44(40)48(46,25-9-27-55-57(51,52)37-17-11-33(3)12-18-37)26-10-28-56-58(53,54)38-19-13-34(4)14-20-38;1-5-9-17-35(18-10-6-2)31-21-25(37)13-15-27(31)29-24-34-30(23-33(29)35)28-16-14-26(38)22-32(28)36(34,19-11-7-3)20-12-8-4/h11-22,29-32H,5-10,23-28H2,1-4H3;13-16,21-24H,5-12,17-20H2,1-4H3. The molecule has 4 aliphatic carbocycles. The third kappa shape index (κ3) is 14.0. The van der Waals surface area contributed by atoms with Crippen molar-refractivity contribution in [1.29, 1.82) is 0 Å². The van der Waals surface area contributed by atoms with Gasteiger partial charge < -0.3 is 0 Å². The summed E-state index contributed by atoms with van der Waals surface area (Å²) >= 11 is 15.3. The van der Waals surface area contributed by atoms with E-state index < -0.39 is 25.7 Å². The number of halogens is 4. The zero-order valence-electron chi connectivity index (χ0n) is 57.6. The molecule has 0 unspecified atom stereocenters. The van der Waals surface area contributed by atoms with E-state index in [4.69, 9.17) is 8.37 Å². The van der Waals surface area contributed by atoms with Gasteiger partial charge in [0.15, 0.2) is 0 Å². The first-order valence-electron chi connectivity index (χ1n) is 35.7. The number of rotatable bonds is 30. The molecule has 0 heterocycles. The van der Waals surface area contributed by atoms with Gasteiger partial charge in [0.1, 0.15) is 0 Å². The van der Waals surface area contributed by atoms with E-state index in [0.29, 0.717) is 25.7 Å². The van der Waals surface area contributed by atoms with Crippen molar-refractivity contribution in [2.24, 2.45) is 0 Å². The highest BCUT2D eigenvalue weighted by Crippen LogP contribution is 2.64. The average Bonchev–Trinajstić information content (AvgIpc) is 1.54. The largest absolute Gasteiger partial charge is 0.296 e. The Bertz CT molecular complexity index is 4140. The van der Waals surface area contributed by atoms with E-state index in [1.807, 2.05) is 13.8 Å². The Balaban J connectivity index is 0.000000213. The van der Waals surface area contributed by atoms with E-state index >= 15 is 0 Å². The van der Waals surface area contributed by atoms with Gasteiger partial charge in [-0.2, -0.15) is 16.8 Å². The highest BCUT2D eigenvalue weighted by atomic mass is 79.9. The topological polar surface area (TPSA) is 86.7 Å². The quantitative estimate of drug-likeness (QED) is 0.0329. The van der Waals surface area contributed by atoms with Crippen LogP contribution in [0.25, 0.3) is 44.5 Å². The number of aryl methyl sites for hydroxylation is 2. The summed E-state index contributed by atoms with van der Waals surface area (Å²) in [5.74, 6) is 0. The zero-order valence-corrected chi connectivity index (χ0v) is 65.6. The van der Waals surface area contributed by atoms with Crippen LogP contribution in [0.1, 0.15) is 238 Å². The third-order valence-electron chi connectivity index (χ3n) is 21.9. The van der Waals surface area contributed by atoms with Crippen molar-refractivity contribution >= 4 is 84.0 Å². The number of benzene rings is 8. The van der Waals surface area contributed by atoms with Crippen LogP contribution in [0, 0.1) is 13.8 Å². The summed E-state index contributed by atoms with van der Waals surface area (Å²) < 4.78 is 68.9. The SMILES string of the molecule is CCCCC1(CCCC)c2cc(Br)ccc2-c2cc3c(cc21)-c1ccc(Br)cc1C3(CCCC)CCCC.CCCCC1(CCCC)c2cc(Br)ccc2-c2cc3c(cc21)-c1ccc(Br)cc1C3(CCCOS(=O)(=O)c1ccc(C)cc1)CCCOS(=O)(=O)c1ccc(C)cc1. The lowest BCUT2D eigenvalue weighted by Crippen LogP contribution is -2.28. The van der Waals surface area contributed by atoms with Crippen molar-refractivity contribution in [3.63, 3.8) is 0 Å². The molecule has 0 saturated carbocycles. The Kier molecular flexibility index (Phi) is 23.3. The van der Waals surface area contributed by atoms with Crippen LogP contribution in [-0.4, -0.2) is 30.0 Å². The molecule has 0 atom stereocenters. The fourth-order valence-electron chi connectivity index (χ4n) is 17.0. The van der Waals surface area contributed by atoms with Gasteiger partial charge in [0.2, 0.25) is 0 Å². The molecule has 0 N–H and O–H groups in total. The lowest BCUT2D eigenvalue weighted by atomic mass is 9.69. The molecule has 0 amide bonds. The molecule has 0 aromatic heterocycles. The Morgan fingerprint density at radius 2 is 0.490 bits per heavy atom. The smallest absolute Gasteiger partial charge is 0.266 e. The number of hydrogen-bond donors (Lipinski definition) is 0. The molecule has 0 saturated heterocycles. The van der Waals surface area contributed by atoms with Crippen LogP contribution in [-0.2, 0) is 50.3 Å². The van der Waals surface area contributed by atoms with E-state index in [2.05, 4.69) is 202 Å². The Morgan fingerprint density at radius 1 is 0.281 bits per heavy atom. The lowest BCUT2D eigenvalue weighted by molar-refractivity contribution is 0.270. The van der Waals surface area contributed by atoms with Crippen LogP contribution in [0.15, 0.2) is 173 Å². The molecule has 12 rings (SSSR count). The first-order chi connectivity index (χ1) is 46.2. The summed E-state index contributed by atoms with van der Waals surface area (Å²) in [5, 5.41) is 0. The number of hydrogen-bond acceptors (Lipinski definition) is 6. The van der Waals surface area contributed by atoms with Crippen LogP contribution in [0.3, 0.4) is 0 Å². The maximum absolute atomic E-state index is 13.3. The van der Waals surface area contributed by atoms with Crippen molar-refractivity contribution in [1.82, 2.24) is 0 Å². The van der Waals surface area contributed by atoms with E-state index in [9.17, 15) is 16.8 Å². The Morgan fingerprint density at radius 3 is 0.708 bits per heavy atom. The van der Waals surface area contributed by atoms with Crippen molar-refractivity contribution in [3.05, 3.63) is 219 Å². The highest BCUT2D eigenvalue weighted by molar-refractivity contribution is 9.11. The maximum Gasteiger partial charge on any atom is 0.296 e. The van der Waals surface area contributed by atoms with Crippen LogP contribution in [0.2, 0.25) is 0 Å². The Hall–Kier alpha value is -4.50. The third-order valence-corrected chi connectivity index (χ3v) is 26.5. The zero-order chi connectivity index (χ0) is 68.2. The van der Waals surface area contributed by atoms with Gasteiger partial charge >= 0.3 is 0 Å². The molecule has 508 valence electrons. The molecule has 12 heteroatoms. The summed E-state index contributed by atoms with van der Waals surface area (Å²) in [6, 6.07) is 51.1. The van der Waals surface area contributed by atoms with E-state index in [0.717, 1.165) is 69.7 Å². The fourth-order valence-corrected chi connectivity index (χ4v) is 20.3. The number of unbranched alkanes of at least 4 members (excludes halogenated alkanes) is 6. The first-order valence-corrected chi connectivity index (χ1v) is 41.7. The summed E-state index contributed by atoms with van der Waals surface area (Å²) in [4.78, 5) is 0.270. The first kappa shape index (κ1) is 72.7. The summed E-state index contributed by atoms with van der Waals surface area (Å²) in [6.45, 7) is 17.8. The molecule has 0 bridgehead atoms. The number of fused-ring (bicyclic) bond motifs is 12. The van der Waals surface area contributed by atoms with Crippen molar-refractivity contribution in [2.75, 3.05) is 13.2 Å². The van der Waals surface area contributed by atoms with Gasteiger partial charge in [-0.15, -0.1) is 0 Å². The highest BCUT2D eigenvalue weighted by Gasteiger charge is 2.50. The van der Waals surface area contributed by atoms with Gasteiger partial charge in [-0.1, -0.05) is 242 Å². The molecule has 96 heavy (non-hydrogen) atoms. The predicted molar refractivity (Wildman–Crippen MR) is 413 cm³/mol. The van der Waals surface area contributed by atoms with Crippen LogP contribution in [0.4, 0.5) is 0 Å². The van der Waals surface area contributed by atoms with E-state index in [-0.39, 0.29) is 39.2 Å². The average molecular weight is 1590 g/mol. The maximum atomic E-state index is 13.3. The fraction of sp³-hybridized carbons (Fsp3) is 0.429. The molecule has 8 aromatic carbocycles. The van der Waals surface area contributed by atoms with Crippen LogP contribution < -0.4 is 0 Å². The molecule has 4 aliphatic rings. The van der Waals surface area contributed by atoms with Gasteiger partial charge in [-0.3, -0.25) is 8.37 Å². The van der Waals surface area contributed by atoms with Gasteiger partial charge in [-0.25, -0.2) is 0 Å². The molecule has 8 aromatic rings. The Labute approximate surface area is 608 Å². The normalized spacial score (nSPS) is 15.2. The van der Waals surface area contributed by atoms with E-state index in [1.54, 1.807) is 70.8 Å². The molecule has 0 radical (unpaired) electrons. The minimum absolute atomic E-state index is 0.00782. The molecule has 0 spiro atoms. The van der Waals surface area contributed by atoms with E-state index in [1.165, 1.54) is 142 Å². The molecule has 6 nitrogen and oxygen atoms in total. The lowest BCUT2D eigenvalue weighted by Gasteiger charge is -2.34. The minimum atomic E-state index is -3.96. The van der Waals surface area contributed by atoms with Gasteiger partial charge in [0.25, 0.3) is 20.2 Å².